The van der Waals surface area contributed by atoms with Gasteiger partial charge in [-0.3, -0.25) is 9.59 Å². The van der Waals surface area contributed by atoms with E-state index in [2.05, 4.69) is 22.5 Å². The van der Waals surface area contributed by atoms with Gasteiger partial charge in [0.15, 0.2) is 0 Å². The molecule has 0 aromatic heterocycles. The molecule has 0 saturated carbocycles. The first-order valence-corrected chi connectivity index (χ1v) is 7.11. The minimum Gasteiger partial charge on any atom is -0.465 e. The zero-order valence-electron chi connectivity index (χ0n) is 11.7. The highest BCUT2D eigenvalue weighted by molar-refractivity contribution is 9.10. The number of carbonyl (C=O) groups is 2. The van der Waals surface area contributed by atoms with Crippen molar-refractivity contribution in [3.05, 3.63) is 46.5 Å². The Morgan fingerprint density at radius 3 is 2.75 bits per heavy atom. The van der Waals surface area contributed by atoms with Crippen LogP contribution in [0.1, 0.15) is 22.8 Å². The van der Waals surface area contributed by atoms with E-state index in [-0.39, 0.29) is 12.5 Å². The second kappa shape index (κ2) is 7.85. The Balaban J connectivity index is 2.96. The van der Waals surface area contributed by atoms with E-state index >= 15 is 0 Å². The van der Waals surface area contributed by atoms with E-state index < -0.39 is 5.97 Å². The third-order valence-corrected chi connectivity index (χ3v) is 3.62. The third kappa shape index (κ3) is 4.20. The molecule has 0 bridgehead atoms. The van der Waals surface area contributed by atoms with Gasteiger partial charge in [-0.1, -0.05) is 28.1 Å². The minimum absolute atomic E-state index is 0.0787. The topological polar surface area (TPSA) is 46.6 Å². The minimum atomic E-state index is -0.421. The van der Waals surface area contributed by atoms with E-state index in [9.17, 15) is 9.59 Å². The van der Waals surface area contributed by atoms with E-state index in [1.165, 1.54) is 4.90 Å². The first kappa shape index (κ1) is 16.4. The lowest BCUT2D eigenvalue weighted by Crippen LogP contribution is -2.37. The summed E-state index contributed by atoms with van der Waals surface area (Å²) in [5.41, 5.74) is 1.40. The van der Waals surface area contributed by atoms with Gasteiger partial charge in [-0.2, -0.15) is 0 Å². The Kier molecular flexibility index (Phi) is 6.45. The highest BCUT2D eigenvalue weighted by Crippen LogP contribution is 2.20. The predicted octanol–water partition coefficient (Wildman–Crippen LogP) is 2.95. The van der Waals surface area contributed by atoms with Crippen molar-refractivity contribution in [3.8, 4) is 0 Å². The maximum Gasteiger partial charge on any atom is 0.325 e. The van der Waals surface area contributed by atoms with Gasteiger partial charge in [-0.25, -0.2) is 0 Å². The number of esters is 1. The SMILES string of the molecule is C=CCN(CC(=O)OCC)C(=O)c1cccc(Br)c1C. The fourth-order valence-electron chi connectivity index (χ4n) is 1.75. The van der Waals surface area contributed by atoms with Gasteiger partial charge in [0.1, 0.15) is 6.54 Å². The van der Waals surface area contributed by atoms with Crippen LogP contribution in [-0.2, 0) is 9.53 Å². The van der Waals surface area contributed by atoms with Gasteiger partial charge in [-0.15, -0.1) is 6.58 Å². The van der Waals surface area contributed by atoms with Crippen LogP contribution >= 0.6 is 15.9 Å². The van der Waals surface area contributed by atoms with Crippen LogP contribution in [0.5, 0.6) is 0 Å². The molecular formula is C15H18BrNO3. The van der Waals surface area contributed by atoms with Crippen molar-refractivity contribution < 1.29 is 14.3 Å². The van der Waals surface area contributed by atoms with Crippen LogP contribution in [0.25, 0.3) is 0 Å². The second-order valence-corrected chi connectivity index (χ2v) is 5.05. The van der Waals surface area contributed by atoms with Gasteiger partial charge in [0.05, 0.1) is 6.61 Å². The van der Waals surface area contributed by atoms with Crippen LogP contribution in [0.3, 0.4) is 0 Å². The summed E-state index contributed by atoms with van der Waals surface area (Å²) in [6, 6.07) is 5.40. The number of hydrogen-bond acceptors (Lipinski definition) is 3. The zero-order chi connectivity index (χ0) is 15.1. The summed E-state index contributed by atoms with van der Waals surface area (Å²) in [6.07, 6.45) is 1.59. The van der Waals surface area contributed by atoms with Crippen molar-refractivity contribution in [2.75, 3.05) is 19.7 Å². The van der Waals surface area contributed by atoms with Crippen molar-refractivity contribution in [2.45, 2.75) is 13.8 Å². The number of carbonyl (C=O) groups excluding carboxylic acids is 2. The number of benzene rings is 1. The second-order valence-electron chi connectivity index (χ2n) is 4.19. The van der Waals surface area contributed by atoms with E-state index in [0.717, 1.165) is 10.0 Å². The van der Waals surface area contributed by atoms with Crippen molar-refractivity contribution in [1.82, 2.24) is 4.90 Å². The summed E-state index contributed by atoms with van der Waals surface area (Å²) >= 11 is 3.40. The van der Waals surface area contributed by atoms with Gasteiger partial charge in [0.25, 0.3) is 5.91 Å². The van der Waals surface area contributed by atoms with E-state index in [1.54, 1.807) is 25.1 Å². The molecule has 0 fully saturated rings. The van der Waals surface area contributed by atoms with Crippen LogP contribution in [-0.4, -0.2) is 36.5 Å². The summed E-state index contributed by atoms with van der Waals surface area (Å²) in [5, 5.41) is 0. The lowest BCUT2D eigenvalue weighted by molar-refractivity contribution is -0.143. The maximum absolute atomic E-state index is 12.5. The van der Waals surface area contributed by atoms with Gasteiger partial charge in [-0.05, 0) is 31.5 Å². The first-order valence-electron chi connectivity index (χ1n) is 6.32. The Labute approximate surface area is 127 Å². The van der Waals surface area contributed by atoms with Crippen LogP contribution in [0.15, 0.2) is 35.3 Å². The third-order valence-electron chi connectivity index (χ3n) is 2.76. The van der Waals surface area contributed by atoms with Crippen molar-refractivity contribution >= 4 is 27.8 Å². The molecule has 0 saturated heterocycles. The molecule has 1 amide bonds. The predicted molar refractivity (Wildman–Crippen MR) is 81.6 cm³/mol. The van der Waals surface area contributed by atoms with E-state index in [4.69, 9.17) is 4.74 Å². The van der Waals surface area contributed by atoms with E-state index in [1.807, 2.05) is 13.0 Å². The lowest BCUT2D eigenvalue weighted by atomic mass is 10.1. The first-order chi connectivity index (χ1) is 9.51. The van der Waals surface area contributed by atoms with Gasteiger partial charge in [0.2, 0.25) is 0 Å². The number of hydrogen-bond donors (Lipinski definition) is 0. The van der Waals surface area contributed by atoms with Crippen LogP contribution < -0.4 is 0 Å². The quantitative estimate of drug-likeness (QED) is 0.591. The van der Waals surface area contributed by atoms with Gasteiger partial charge >= 0.3 is 5.97 Å². The number of amides is 1. The number of ether oxygens (including phenoxy) is 1. The van der Waals surface area contributed by atoms with Crippen LogP contribution in [0.4, 0.5) is 0 Å². The molecule has 108 valence electrons. The molecule has 0 aliphatic carbocycles. The van der Waals surface area contributed by atoms with Crippen LogP contribution in [0, 0.1) is 6.92 Å². The van der Waals surface area contributed by atoms with Crippen molar-refractivity contribution in [2.24, 2.45) is 0 Å². The summed E-state index contributed by atoms with van der Waals surface area (Å²) in [5.74, 6) is -0.632. The number of nitrogens with zero attached hydrogens (tertiary/aromatic N) is 1. The summed E-state index contributed by atoms with van der Waals surface area (Å²) < 4.78 is 5.74. The Morgan fingerprint density at radius 2 is 2.15 bits per heavy atom. The molecule has 1 aromatic rings. The molecule has 0 aliphatic rings. The summed E-state index contributed by atoms with van der Waals surface area (Å²) in [6.45, 7) is 7.71. The Bertz CT molecular complexity index is 514. The molecule has 20 heavy (non-hydrogen) atoms. The van der Waals surface area contributed by atoms with Gasteiger partial charge < -0.3 is 9.64 Å². The monoisotopic (exact) mass is 339 g/mol. The van der Waals surface area contributed by atoms with Crippen molar-refractivity contribution in [1.29, 1.82) is 0 Å². The van der Waals surface area contributed by atoms with E-state index in [0.29, 0.717) is 18.7 Å². The molecule has 1 rings (SSSR count). The smallest absolute Gasteiger partial charge is 0.325 e. The van der Waals surface area contributed by atoms with Crippen molar-refractivity contribution in [3.63, 3.8) is 0 Å². The normalized spacial score (nSPS) is 9.95. The molecule has 4 nitrogen and oxygen atoms in total. The highest BCUT2D eigenvalue weighted by Gasteiger charge is 2.20. The molecular weight excluding hydrogens is 322 g/mol. The van der Waals surface area contributed by atoms with Crippen LogP contribution in [0.2, 0.25) is 0 Å². The number of rotatable bonds is 6. The van der Waals surface area contributed by atoms with Gasteiger partial charge in [0, 0.05) is 16.6 Å². The molecule has 0 aliphatic heterocycles. The molecule has 0 N–H and O–H groups in total. The molecule has 5 heteroatoms. The molecule has 0 unspecified atom stereocenters. The fourth-order valence-corrected chi connectivity index (χ4v) is 2.11. The number of halogens is 1. The average molecular weight is 340 g/mol. The molecule has 0 heterocycles. The largest absolute Gasteiger partial charge is 0.465 e. The maximum atomic E-state index is 12.5. The molecule has 1 aromatic carbocycles. The average Bonchev–Trinajstić information content (AvgIpc) is 2.41. The lowest BCUT2D eigenvalue weighted by Gasteiger charge is -2.21. The fraction of sp³-hybridized carbons (Fsp3) is 0.333. The Morgan fingerprint density at radius 1 is 1.45 bits per heavy atom. The standard InChI is InChI=1S/C15H18BrNO3/c1-4-9-17(10-14(18)20-5-2)15(19)12-7-6-8-13(16)11(12)3/h4,6-8H,1,5,9-10H2,2-3H3. The molecule has 0 spiro atoms. The Hall–Kier alpha value is -1.62. The molecule has 0 radical (unpaired) electrons. The summed E-state index contributed by atoms with van der Waals surface area (Å²) in [4.78, 5) is 25.5. The zero-order valence-corrected chi connectivity index (χ0v) is 13.3. The molecule has 0 atom stereocenters. The highest BCUT2D eigenvalue weighted by atomic mass is 79.9. The summed E-state index contributed by atoms with van der Waals surface area (Å²) in [7, 11) is 0.